The quantitative estimate of drug-likeness (QED) is 0.522. The molecular formula is C24H23N5O3. The smallest absolute Gasteiger partial charge is 0.321 e. The minimum atomic E-state index is -0.123. The molecular weight excluding hydrogens is 406 g/mol. The van der Waals surface area contributed by atoms with Gasteiger partial charge >= 0.3 is 6.03 Å². The fraction of sp³-hybridized carbons (Fsp3) is 0.208. The molecule has 1 N–H and O–H groups in total. The van der Waals surface area contributed by atoms with Gasteiger partial charge in [0.1, 0.15) is 11.6 Å². The zero-order chi connectivity index (χ0) is 21.9. The summed E-state index contributed by atoms with van der Waals surface area (Å²) in [5.74, 6) is 2.75. The number of ether oxygens (including phenoxy) is 1. The van der Waals surface area contributed by atoms with Crippen LogP contribution in [0.1, 0.15) is 0 Å². The van der Waals surface area contributed by atoms with E-state index in [4.69, 9.17) is 14.1 Å². The van der Waals surface area contributed by atoms with Gasteiger partial charge in [-0.05, 0) is 36.4 Å². The van der Waals surface area contributed by atoms with Crippen LogP contribution in [0.3, 0.4) is 0 Å². The second-order valence-corrected chi connectivity index (χ2v) is 7.50. The first-order chi connectivity index (χ1) is 15.7. The molecule has 2 amide bonds. The standard InChI is InChI=1S/C24H23N5O3/c1-31-18-7-4-6-17(16-18)25-24(30)29-13-11-28(12-14-29)23-19-8-2-3-9-20(19)26-22(27-23)21-10-5-15-32-21/h2-10,15-16H,11-14H2,1H3,(H,25,30). The van der Waals surface area contributed by atoms with Gasteiger partial charge < -0.3 is 24.3 Å². The number of fused-ring (bicyclic) bond motifs is 1. The summed E-state index contributed by atoms with van der Waals surface area (Å²) in [5.41, 5.74) is 1.57. The largest absolute Gasteiger partial charge is 0.497 e. The summed E-state index contributed by atoms with van der Waals surface area (Å²) in [6, 6.07) is 18.9. The number of nitrogens with one attached hydrogen (secondary N) is 1. The highest BCUT2D eigenvalue weighted by atomic mass is 16.5. The molecule has 0 aliphatic carbocycles. The van der Waals surface area contributed by atoms with Crippen molar-refractivity contribution in [3.8, 4) is 17.3 Å². The van der Waals surface area contributed by atoms with Crippen molar-refractivity contribution in [1.29, 1.82) is 0 Å². The van der Waals surface area contributed by atoms with Crippen LogP contribution in [0.25, 0.3) is 22.5 Å². The van der Waals surface area contributed by atoms with E-state index in [1.54, 1.807) is 19.4 Å². The molecule has 8 heteroatoms. The molecule has 2 aromatic heterocycles. The molecule has 0 bridgehead atoms. The van der Waals surface area contributed by atoms with E-state index in [1.165, 1.54) is 0 Å². The molecule has 5 rings (SSSR count). The Hall–Kier alpha value is -4.07. The fourth-order valence-corrected chi connectivity index (χ4v) is 3.84. The number of piperazine rings is 1. The van der Waals surface area contributed by atoms with Crippen molar-refractivity contribution in [2.45, 2.75) is 0 Å². The molecule has 1 saturated heterocycles. The number of carbonyl (C=O) groups is 1. The molecule has 162 valence electrons. The van der Waals surface area contributed by atoms with Crippen LogP contribution in [0.2, 0.25) is 0 Å². The zero-order valence-electron chi connectivity index (χ0n) is 17.7. The lowest BCUT2D eigenvalue weighted by atomic mass is 10.2. The third-order valence-corrected chi connectivity index (χ3v) is 5.51. The van der Waals surface area contributed by atoms with E-state index in [0.29, 0.717) is 49.2 Å². The minimum Gasteiger partial charge on any atom is -0.497 e. The predicted octanol–water partition coefficient (Wildman–Crippen LogP) is 4.25. The molecule has 0 radical (unpaired) electrons. The molecule has 32 heavy (non-hydrogen) atoms. The summed E-state index contributed by atoms with van der Waals surface area (Å²) in [6.45, 7) is 2.52. The van der Waals surface area contributed by atoms with E-state index >= 15 is 0 Å². The number of aromatic nitrogens is 2. The average molecular weight is 429 g/mol. The van der Waals surface area contributed by atoms with E-state index in [9.17, 15) is 4.79 Å². The van der Waals surface area contributed by atoms with Gasteiger partial charge in [0.05, 0.1) is 18.9 Å². The van der Waals surface area contributed by atoms with Gasteiger partial charge in [0.2, 0.25) is 0 Å². The zero-order valence-corrected chi connectivity index (χ0v) is 17.7. The van der Waals surface area contributed by atoms with E-state index in [1.807, 2.05) is 59.5 Å². The summed E-state index contributed by atoms with van der Waals surface area (Å²) in [4.78, 5) is 26.2. The lowest BCUT2D eigenvalue weighted by Gasteiger charge is -2.35. The Kier molecular flexibility index (Phi) is 5.33. The number of benzene rings is 2. The SMILES string of the molecule is COc1cccc(NC(=O)N2CCN(c3nc(-c4ccco4)nc4ccccc34)CC2)c1. The second-order valence-electron chi connectivity index (χ2n) is 7.50. The predicted molar refractivity (Wildman–Crippen MR) is 123 cm³/mol. The minimum absolute atomic E-state index is 0.123. The molecule has 0 saturated carbocycles. The van der Waals surface area contributed by atoms with Crippen LogP contribution >= 0.6 is 0 Å². The van der Waals surface area contributed by atoms with Crippen molar-refractivity contribution in [3.63, 3.8) is 0 Å². The van der Waals surface area contributed by atoms with Crippen LogP contribution in [-0.2, 0) is 0 Å². The molecule has 0 spiro atoms. The van der Waals surface area contributed by atoms with Crippen molar-refractivity contribution >= 4 is 28.4 Å². The first-order valence-corrected chi connectivity index (χ1v) is 10.5. The van der Waals surface area contributed by atoms with E-state index in [2.05, 4.69) is 15.2 Å². The third-order valence-electron chi connectivity index (χ3n) is 5.51. The van der Waals surface area contributed by atoms with Gasteiger partial charge in [0.15, 0.2) is 11.6 Å². The van der Waals surface area contributed by atoms with Crippen molar-refractivity contribution in [2.75, 3.05) is 43.5 Å². The number of hydrogen-bond acceptors (Lipinski definition) is 6. The lowest BCUT2D eigenvalue weighted by molar-refractivity contribution is 0.208. The average Bonchev–Trinajstić information content (AvgIpc) is 3.39. The number of rotatable bonds is 4. The summed E-state index contributed by atoms with van der Waals surface area (Å²) < 4.78 is 10.7. The van der Waals surface area contributed by atoms with E-state index < -0.39 is 0 Å². The summed E-state index contributed by atoms with van der Waals surface area (Å²) in [6.07, 6.45) is 1.62. The Labute approximate surface area is 185 Å². The van der Waals surface area contributed by atoms with Crippen molar-refractivity contribution in [2.24, 2.45) is 0 Å². The monoisotopic (exact) mass is 429 g/mol. The van der Waals surface area contributed by atoms with E-state index in [0.717, 1.165) is 16.7 Å². The molecule has 0 atom stereocenters. The normalized spacial score (nSPS) is 13.9. The van der Waals surface area contributed by atoms with Gasteiger partial charge in [0.25, 0.3) is 0 Å². The maximum atomic E-state index is 12.7. The van der Waals surface area contributed by atoms with Crippen LogP contribution in [0.15, 0.2) is 71.3 Å². The van der Waals surface area contributed by atoms with Crippen LogP contribution in [0.5, 0.6) is 5.75 Å². The van der Waals surface area contributed by atoms with Crippen LogP contribution in [-0.4, -0.2) is 54.2 Å². The maximum absolute atomic E-state index is 12.7. The van der Waals surface area contributed by atoms with Gasteiger partial charge in [-0.2, -0.15) is 0 Å². The Morgan fingerprint density at radius 1 is 1.00 bits per heavy atom. The molecule has 1 fully saturated rings. The number of amides is 2. The van der Waals surface area contributed by atoms with Gasteiger partial charge in [-0.25, -0.2) is 14.8 Å². The highest BCUT2D eigenvalue weighted by molar-refractivity contribution is 5.92. The number of nitrogens with zero attached hydrogens (tertiary/aromatic N) is 4. The lowest BCUT2D eigenvalue weighted by Crippen LogP contribution is -2.50. The molecule has 4 aromatic rings. The number of hydrogen-bond donors (Lipinski definition) is 1. The summed E-state index contributed by atoms with van der Waals surface area (Å²) >= 11 is 0. The first kappa shape index (κ1) is 19.9. The van der Waals surface area contributed by atoms with Gasteiger partial charge in [-0.1, -0.05) is 18.2 Å². The Bertz CT molecular complexity index is 1230. The third kappa shape index (κ3) is 3.94. The van der Waals surface area contributed by atoms with Crippen LogP contribution in [0, 0.1) is 0 Å². The van der Waals surface area contributed by atoms with Gasteiger partial charge in [0, 0.05) is 43.3 Å². The Morgan fingerprint density at radius 2 is 1.84 bits per heavy atom. The molecule has 2 aromatic carbocycles. The highest BCUT2D eigenvalue weighted by Crippen LogP contribution is 2.28. The van der Waals surface area contributed by atoms with E-state index in [-0.39, 0.29) is 6.03 Å². The number of methoxy groups -OCH3 is 1. The number of carbonyl (C=O) groups excluding carboxylic acids is 1. The number of furan rings is 1. The summed E-state index contributed by atoms with van der Waals surface area (Å²) in [7, 11) is 1.61. The maximum Gasteiger partial charge on any atom is 0.321 e. The molecule has 0 unspecified atom stereocenters. The topological polar surface area (TPSA) is 83.7 Å². The van der Waals surface area contributed by atoms with Crippen LogP contribution < -0.4 is 15.0 Å². The van der Waals surface area contributed by atoms with Crippen molar-refractivity contribution in [1.82, 2.24) is 14.9 Å². The second kappa shape index (κ2) is 8.58. The highest BCUT2D eigenvalue weighted by Gasteiger charge is 2.24. The molecule has 8 nitrogen and oxygen atoms in total. The Balaban J connectivity index is 1.33. The van der Waals surface area contributed by atoms with Crippen LogP contribution in [0.4, 0.5) is 16.3 Å². The van der Waals surface area contributed by atoms with Crippen molar-refractivity contribution < 1.29 is 13.9 Å². The molecule has 1 aliphatic rings. The Morgan fingerprint density at radius 3 is 2.62 bits per heavy atom. The number of para-hydroxylation sites is 1. The molecule has 1 aliphatic heterocycles. The van der Waals surface area contributed by atoms with Crippen molar-refractivity contribution in [3.05, 3.63) is 66.9 Å². The number of anilines is 2. The van der Waals surface area contributed by atoms with Gasteiger partial charge in [-0.15, -0.1) is 0 Å². The summed E-state index contributed by atoms with van der Waals surface area (Å²) in [5, 5.41) is 3.93. The van der Waals surface area contributed by atoms with Gasteiger partial charge in [-0.3, -0.25) is 0 Å². The number of urea groups is 1. The first-order valence-electron chi connectivity index (χ1n) is 10.5. The fourth-order valence-electron chi connectivity index (χ4n) is 3.84. The molecule has 3 heterocycles.